The van der Waals surface area contributed by atoms with Crippen molar-refractivity contribution in [2.75, 3.05) is 20.2 Å². The molecule has 0 radical (unpaired) electrons. The zero-order chi connectivity index (χ0) is 15.0. The van der Waals surface area contributed by atoms with Crippen LogP contribution in [0.3, 0.4) is 0 Å². The fourth-order valence-corrected chi connectivity index (χ4v) is 3.86. The van der Waals surface area contributed by atoms with E-state index < -0.39 is 0 Å². The quantitative estimate of drug-likeness (QED) is 0.769. The lowest BCUT2D eigenvalue weighted by molar-refractivity contribution is 0.187. The maximum Gasteiger partial charge on any atom is 0.122 e. The molecule has 0 bridgehead atoms. The lowest BCUT2D eigenvalue weighted by Crippen LogP contribution is -2.39. The van der Waals surface area contributed by atoms with Crippen LogP contribution in [-0.2, 0) is 6.42 Å². The highest BCUT2D eigenvalue weighted by Crippen LogP contribution is 2.39. The molecule has 2 heteroatoms. The molecule has 1 aromatic carbocycles. The molecule has 1 atom stereocenters. The molecule has 0 spiro atoms. The van der Waals surface area contributed by atoms with Crippen LogP contribution in [0, 0.1) is 12.8 Å². The van der Waals surface area contributed by atoms with Gasteiger partial charge in [0.25, 0.3) is 0 Å². The van der Waals surface area contributed by atoms with Crippen molar-refractivity contribution in [3.05, 3.63) is 40.5 Å². The van der Waals surface area contributed by atoms with Gasteiger partial charge in [0.05, 0.1) is 7.11 Å². The Bertz CT molecular complexity index is 559. The van der Waals surface area contributed by atoms with Crippen LogP contribution in [0.2, 0.25) is 0 Å². The molecule has 2 heterocycles. The van der Waals surface area contributed by atoms with Gasteiger partial charge in [0.2, 0.25) is 0 Å². The molecule has 0 amide bonds. The Kier molecular flexibility index (Phi) is 4.08. The number of ether oxygens (including phenoxy) is 1. The van der Waals surface area contributed by atoms with Crippen LogP contribution >= 0.6 is 0 Å². The van der Waals surface area contributed by atoms with Gasteiger partial charge in [-0.2, -0.15) is 0 Å². The third-order valence-corrected chi connectivity index (χ3v) is 4.83. The summed E-state index contributed by atoms with van der Waals surface area (Å²) < 4.78 is 5.48. The summed E-state index contributed by atoms with van der Waals surface area (Å²) in [5.41, 5.74) is 5.91. The van der Waals surface area contributed by atoms with Gasteiger partial charge in [-0.25, -0.2) is 0 Å². The van der Waals surface area contributed by atoms with Crippen LogP contribution in [0.5, 0.6) is 5.75 Å². The molecule has 0 aliphatic carbocycles. The molecule has 0 saturated heterocycles. The molecular formula is C19H27NO. The smallest absolute Gasteiger partial charge is 0.122 e. The molecule has 0 N–H and O–H groups in total. The van der Waals surface area contributed by atoms with E-state index in [1.54, 1.807) is 12.7 Å². The molecule has 114 valence electrons. The molecule has 1 unspecified atom stereocenters. The summed E-state index contributed by atoms with van der Waals surface area (Å²) in [4.78, 5) is 2.67. The zero-order valence-electron chi connectivity index (χ0n) is 13.8. The first-order valence-corrected chi connectivity index (χ1v) is 8.18. The van der Waals surface area contributed by atoms with E-state index in [1.165, 1.54) is 36.1 Å². The molecule has 2 aliphatic rings. The minimum absolute atomic E-state index is 0.578. The van der Waals surface area contributed by atoms with Gasteiger partial charge in [-0.05, 0) is 54.9 Å². The second-order valence-corrected chi connectivity index (χ2v) is 6.95. The van der Waals surface area contributed by atoms with Crippen molar-refractivity contribution in [1.29, 1.82) is 0 Å². The number of nitrogens with zero attached hydrogens (tertiary/aromatic N) is 1. The highest BCUT2D eigenvalue weighted by Gasteiger charge is 2.30. The SMILES string of the molecule is COc1cc2c(cc1C)C1CC=C(CC(C)C)CN1CC2. The monoisotopic (exact) mass is 285 g/mol. The lowest BCUT2D eigenvalue weighted by Gasteiger charge is -2.41. The molecule has 0 aromatic heterocycles. The summed E-state index contributed by atoms with van der Waals surface area (Å²) in [6, 6.07) is 5.19. The molecule has 21 heavy (non-hydrogen) atoms. The lowest BCUT2D eigenvalue weighted by atomic mass is 9.85. The largest absolute Gasteiger partial charge is 0.496 e. The highest BCUT2D eigenvalue weighted by molar-refractivity contribution is 5.45. The first-order valence-electron chi connectivity index (χ1n) is 8.18. The van der Waals surface area contributed by atoms with Crippen molar-refractivity contribution in [2.24, 2.45) is 5.92 Å². The molecule has 1 aromatic rings. The Hall–Kier alpha value is -1.28. The van der Waals surface area contributed by atoms with Crippen LogP contribution in [-0.4, -0.2) is 25.1 Å². The van der Waals surface area contributed by atoms with E-state index in [0.29, 0.717) is 6.04 Å². The van der Waals surface area contributed by atoms with E-state index in [2.05, 4.69) is 43.9 Å². The van der Waals surface area contributed by atoms with Crippen LogP contribution in [0.25, 0.3) is 0 Å². The summed E-state index contributed by atoms with van der Waals surface area (Å²) in [5, 5.41) is 0. The van der Waals surface area contributed by atoms with E-state index in [0.717, 1.165) is 24.6 Å². The van der Waals surface area contributed by atoms with Crippen molar-refractivity contribution in [3.8, 4) is 5.75 Å². The standard InChI is InChI=1S/C19H27NO/c1-13(2)9-15-5-6-18-17-10-14(3)19(21-4)11-16(17)7-8-20(18)12-15/h5,10-11,13,18H,6-9,12H2,1-4H3. The zero-order valence-corrected chi connectivity index (χ0v) is 13.8. The van der Waals surface area contributed by atoms with Crippen molar-refractivity contribution < 1.29 is 4.74 Å². The second kappa shape index (κ2) is 5.84. The van der Waals surface area contributed by atoms with Crippen molar-refractivity contribution in [2.45, 2.75) is 46.1 Å². The van der Waals surface area contributed by atoms with Gasteiger partial charge in [-0.3, -0.25) is 4.90 Å². The predicted molar refractivity (Wildman–Crippen MR) is 87.9 cm³/mol. The van der Waals surface area contributed by atoms with E-state index in [-0.39, 0.29) is 0 Å². The minimum Gasteiger partial charge on any atom is -0.496 e. The van der Waals surface area contributed by atoms with E-state index >= 15 is 0 Å². The number of hydrogen-bond acceptors (Lipinski definition) is 2. The number of aryl methyl sites for hydroxylation is 1. The van der Waals surface area contributed by atoms with Crippen LogP contribution < -0.4 is 4.74 Å². The summed E-state index contributed by atoms with van der Waals surface area (Å²) >= 11 is 0. The fourth-order valence-electron chi connectivity index (χ4n) is 3.86. The van der Waals surface area contributed by atoms with Crippen LogP contribution in [0.15, 0.2) is 23.8 Å². The Labute approximate surface area is 128 Å². The van der Waals surface area contributed by atoms with E-state index in [4.69, 9.17) is 4.74 Å². The average Bonchev–Trinajstić information content (AvgIpc) is 2.45. The highest BCUT2D eigenvalue weighted by atomic mass is 16.5. The Balaban J connectivity index is 1.87. The molecule has 2 nitrogen and oxygen atoms in total. The number of fused-ring (bicyclic) bond motifs is 3. The van der Waals surface area contributed by atoms with Gasteiger partial charge in [0.1, 0.15) is 5.75 Å². The molecule has 0 fully saturated rings. The molecular weight excluding hydrogens is 258 g/mol. The van der Waals surface area contributed by atoms with Gasteiger partial charge in [-0.15, -0.1) is 0 Å². The summed E-state index contributed by atoms with van der Waals surface area (Å²) in [5.74, 6) is 1.80. The summed E-state index contributed by atoms with van der Waals surface area (Å²) in [6.45, 7) is 9.12. The normalized spacial score (nSPS) is 21.8. The number of hydrogen-bond donors (Lipinski definition) is 0. The Morgan fingerprint density at radius 1 is 1.33 bits per heavy atom. The number of methoxy groups -OCH3 is 1. The summed E-state index contributed by atoms with van der Waals surface area (Å²) in [7, 11) is 1.77. The molecule has 2 aliphatic heterocycles. The molecule has 0 saturated carbocycles. The third-order valence-electron chi connectivity index (χ3n) is 4.83. The first kappa shape index (κ1) is 14.6. The maximum absolute atomic E-state index is 5.48. The predicted octanol–water partition coefficient (Wildman–Crippen LogP) is 4.28. The third kappa shape index (κ3) is 2.87. The summed E-state index contributed by atoms with van der Waals surface area (Å²) in [6.07, 6.45) is 6.06. The Morgan fingerprint density at radius 3 is 2.86 bits per heavy atom. The average molecular weight is 285 g/mol. The van der Waals surface area contributed by atoms with Crippen molar-refractivity contribution >= 4 is 0 Å². The van der Waals surface area contributed by atoms with Crippen LogP contribution in [0.1, 0.15) is 49.4 Å². The van der Waals surface area contributed by atoms with Crippen molar-refractivity contribution in [3.63, 3.8) is 0 Å². The minimum atomic E-state index is 0.578. The van der Waals surface area contributed by atoms with Gasteiger partial charge in [0.15, 0.2) is 0 Å². The first-order chi connectivity index (χ1) is 10.1. The van der Waals surface area contributed by atoms with Gasteiger partial charge >= 0.3 is 0 Å². The maximum atomic E-state index is 5.48. The van der Waals surface area contributed by atoms with Gasteiger partial charge < -0.3 is 4.74 Å². The number of rotatable bonds is 3. The van der Waals surface area contributed by atoms with E-state index in [1.807, 2.05) is 0 Å². The van der Waals surface area contributed by atoms with E-state index in [9.17, 15) is 0 Å². The van der Waals surface area contributed by atoms with Gasteiger partial charge in [-0.1, -0.05) is 31.6 Å². The topological polar surface area (TPSA) is 12.5 Å². The fraction of sp³-hybridized carbons (Fsp3) is 0.579. The number of benzene rings is 1. The van der Waals surface area contributed by atoms with Crippen molar-refractivity contribution in [1.82, 2.24) is 4.90 Å². The van der Waals surface area contributed by atoms with Crippen LogP contribution in [0.4, 0.5) is 0 Å². The Morgan fingerprint density at radius 2 is 2.14 bits per heavy atom. The molecule has 3 rings (SSSR count). The second-order valence-electron chi connectivity index (χ2n) is 6.95. The van der Waals surface area contributed by atoms with Gasteiger partial charge in [0, 0.05) is 19.1 Å².